The molecule has 6 heteroatoms. The molecular weight excluding hydrogens is 246 g/mol. The molecule has 0 fully saturated rings. The molecule has 0 aromatic heterocycles. The lowest BCUT2D eigenvalue weighted by Gasteiger charge is -2.12. The smallest absolute Gasteiger partial charge is 0.407 e. The molecule has 19 heavy (non-hydrogen) atoms. The predicted molar refractivity (Wildman–Crippen MR) is 73.2 cm³/mol. The maximum atomic E-state index is 11.7. The first kappa shape index (κ1) is 15.5. The number of hydrogen-bond donors (Lipinski definition) is 1. The van der Waals surface area contributed by atoms with E-state index >= 15 is 0 Å². The van der Waals surface area contributed by atoms with E-state index < -0.39 is 6.09 Å². The number of carboxylic acid groups (broad SMARTS) is 1. The van der Waals surface area contributed by atoms with Crippen molar-refractivity contribution < 1.29 is 14.7 Å². The van der Waals surface area contributed by atoms with Crippen LogP contribution in [0.5, 0.6) is 0 Å². The zero-order valence-electron chi connectivity index (χ0n) is 11.8. The van der Waals surface area contributed by atoms with Gasteiger partial charge in [-0.1, -0.05) is 32.6 Å². The van der Waals surface area contributed by atoms with Crippen LogP contribution in [-0.2, 0) is 4.79 Å². The van der Waals surface area contributed by atoms with Gasteiger partial charge in [-0.15, -0.1) is 0 Å². The molecule has 0 saturated heterocycles. The van der Waals surface area contributed by atoms with E-state index in [-0.39, 0.29) is 18.9 Å². The molecule has 2 amide bonds. The summed E-state index contributed by atoms with van der Waals surface area (Å²) in [5, 5.41) is 14.5. The summed E-state index contributed by atoms with van der Waals surface area (Å²) in [6.07, 6.45) is 4.92. The third kappa shape index (κ3) is 5.28. The Morgan fingerprint density at radius 3 is 2.68 bits per heavy atom. The lowest BCUT2D eigenvalue weighted by Crippen LogP contribution is -2.30. The van der Waals surface area contributed by atoms with Gasteiger partial charge in [-0.3, -0.25) is 4.79 Å². The number of nitrogens with zero attached hydrogens (tertiary/aromatic N) is 3. The molecule has 1 aliphatic heterocycles. The zero-order valence-corrected chi connectivity index (χ0v) is 11.8. The van der Waals surface area contributed by atoms with Crippen LogP contribution in [-0.4, -0.2) is 52.9 Å². The van der Waals surface area contributed by atoms with Crippen molar-refractivity contribution in [3.8, 4) is 0 Å². The average Bonchev–Trinajstić information content (AvgIpc) is 2.69. The minimum Gasteiger partial charge on any atom is -0.465 e. The number of hydrogen-bond acceptors (Lipinski definition) is 3. The second-order valence-electron chi connectivity index (χ2n) is 4.91. The standard InChI is InChI=1S/C13H23N3O3/c1-3-4-5-6-7-8-16-12(17)9-11(14-16)10-15(2)13(18)19/h3-10H2,1-2H3,(H,18,19). The molecule has 0 radical (unpaired) electrons. The summed E-state index contributed by atoms with van der Waals surface area (Å²) >= 11 is 0. The van der Waals surface area contributed by atoms with Gasteiger partial charge in [0.05, 0.1) is 18.7 Å². The van der Waals surface area contributed by atoms with Crippen molar-refractivity contribution in [3.63, 3.8) is 0 Å². The van der Waals surface area contributed by atoms with E-state index in [4.69, 9.17) is 5.11 Å². The van der Waals surface area contributed by atoms with Gasteiger partial charge in [0.1, 0.15) is 0 Å². The Bertz CT molecular complexity index is 355. The summed E-state index contributed by atoms with van der Waals surface area (Å²) in [6, 6.07) is 0. The Hall–Kier alpha value is -1.59. The molecule has 1 aliphatic rings. The van der Waals surface area contributed by atoms with Crippen LogP contribution in [0.2, 0.25) is 0 Å². The monoisotopic (exact) mass is 269 g/mol. The fourth-order valence-electron chi connectivity index (χ4n) is 2.00. The highest BCUT2D eigenvalue weighted by atomic mass is 16.4. The zero-order chi connectivity index (χ0) is 14.3. The third-order valence-corrected chi connectivity index (χ3v) is 3.13. The van der Waals surface area contributed by atoms with E-state index in [0.29, 0.717) is 12.3 Å². The van der Waals surface area contributed by atoms with Crippen molar-refractivity contribution in [1.29, 1.82) is 0 Å². The summed E-state index contributed by atoms with van der Waals surface area (Å²) in [5.41, 5.74) is 0.628. The molecule has 1 heterocycles. The highest BCUT2D eigenvalue weighted by Crippen LogP contribution is 2.11. The van der Waals surface area contributed by atoms with Crippen molar-refractivity contribution in [2.24, 2.45) is 5.10 Å². The molecule has 1 N–H and O–H groups in total. The van der Waals surface area contributed by atoms with Gasteiger partial charge >= 0.3 is 6.09 Å². The molecule has 108 valence electrons. The van der Waals surface area contributed by atoms with Crippen molar-refractivity contribution in [2.45, 2.75) is 45.4 Å². The molecule has 0 aromatic rings. The Balaban J connectivity index is 2.32. The first-order chi connectivity index (χ1) is 9.04. The summed E-state index contributed by atoms with van der Waals surface area (Å²) in [6.45, 7) is 3.01. The normalized spacial score (nSPS) is 14.7. The molecule has 0 saturated carbocycles. The molecule has 0 aromatic carbocycles. The van der Waals surface area contributed by atoms with Gasteiger partial charge in [-0.05, 0) is 6.42 Å². The number of amides is 2. The quantitative estimate of drug-likeness (QED) is 0.686. The average molecular weight is 269 g/mol. The second-order valence-corrected chi connectivity index (χ2v) is 4.91. The van der Waals surface area contributed by atoms with Crippen LogP contribution in [0.1, 0.15) is 45.4 Å². The van der Waals surface area contributed by atoms with Crippen LogP contribution < -0.4 is 0 Å². The van der Waals surface area contributed by atoms with Crippen molar-refractivity contribution >= 4 is 17.7 Å². The number of rotatable bonds is 8. The Morgan fingerprint density at radius 1 is 1.37 bits per heavy atom. The molecule has 0 bridgehead atoms. The van der Waals surface area contributed by atoms with Crippen LogP contribution >= 0.6 is 0 Å². The van der Waals surface area contributed by atoms with Crippen LogP contribution in [0.25, 0.3) is 0 Å². The van der Waals surface area contributed by atoms with Crippen LogP contribution in [0.3, 0.4) is 0 Å². The fraction of sp³-hybridized carbons (Fsp3) is 0.769. The number of unbranched alkanes of at least 4 members (excludes halogenated alkanes) is 4. The topological polar surface area (TPSA) is 73.2 Å². The lowest BCUT2D eigenvalue weighted by atomic mass is 10.1. The van der Waals surface area contributed by atoms with Gasteiger partial charge in [-0.25, -0.2) is 9.80 Å². The molecule has 6 nitrogen and oxygen atoms in total. The van der Waals surface area contributed by atoms with Gasteiger partial charge in [-0.2, -0.15) is 5.10 Å². The van der Waals surface area contributed by atoms with Crippen molar-refractivity contribution in [1.82, 2.24) is 9.91 Å². The minimum absolute atomic E-state index is 0.0238. The van der Waals surface area contributed by atoms with Crippen molar-refractivity contribution in [2.75, 3.05) is 20.1 Å². The molecule has 1 rings (SSSR count). The lowest BCUT2D eigenvalue weighted by molar-refractivity contribution is -0.128. The largest absolute Gasteiger partial charge is 0.465 e. The Labute approximate surface area is 114 Å². The minimum atomic E-state index is -1.01. The van der Waals surface area contributed by atoms with E-state index in [0.717, 1.165) is 17.7 Å². The number of carbonyl (C=O) groups is 2. The van der Waals surface area contributed by atoms with Crippen LogP contribution in [0.15, 0.2) is 5.10 Å². The molecule has 0 unspecified atom stereocenters. The maximum Gasteiger partial charge on any atom is 0.407 e. The maximum absolute atomic E-state index is 11.7. The van der Waals surface area contributed by atoms with Crippen LogP contribution in [0.4, 0.5) is 4.79 Å². The molecular formula is C13H23N3O3. The van der Waals surface area contributed by atoms with Gasteiger partial charge in [0, 0.05) is 13.6 Å². The number of hydrazone groups is 1. The Morgan fingerprint density at radius 2 is 2.05 bits per heavy atom. The SMILES string of the molecule is CCCCCCCN1N=C(CN(C)C(=O)O)CC1=O. The van der Waals surface area contributed by atoms with E-state index in [2.05, 4.69) is 12.0 Å². The second kappa shape index (κ2) is 7.76. The molecule has 0 aliphatic carbocycles. The predicted octanol–water partition coefficient (Wildman–Crippen LogP) is 2.15. The van der Waals surface area contributed by atoms with Gasteiger partial charge in [0.2, 0.25) is 5.91 Å². The first-order valence-electron chi connectivity index (χ1n) is 6.85. The third-order valence-electron chi connectivity index (χ3n) is 3.13. The number of carbonyl (C=O) groups excluding carboxylic acids is 1. The molecule has 0 atom stereocenters. The van der Waals surface area contributed by atoms with Crippen LogP contribution in [0, 0.1) is 0 Å². The highest BCUT2D eigenvalue weighted by molar-refractivity contribution is 6.06. The van der Waals surface area contributed by atoms with Gasteiger partial charge < -0.3 is 10.0 Å². The molecule has 0 spiro atoms. The summed E-state index contributed by atoms with van der Waals surface area (Å²) < 4.78 is 0. The Kier molecular flexibility index (Phi) is 6.32. The first-order valence-corrected chi connectivity index (χ1v) is 6.85. The van der Waals surface area contributed by atoms with E-state index in [1.54, 1.807) is 0 Å². The van der Waals surface area contributed by atoms with Crippen molar-refractivity contribution in [3.05, 3.63) is 0 Å². The van der Waals surface area contributed by atoms with Gasteiger partial charge in [0.25, 0.3) is 0 Å². The van der Waals surface area contributed by atoms with Gasteiger partial charge in [0.15, 0.2) is 0 Å². The van der Waals surface area contributed by atoms with E-state index in [9.17, 15) is 9.59 Å². The summed E-state index contributed by atoms with van der Waals surface area (Å²) in [4.78, 5) is 23.5. The van der Waals surface area contributed by atoms with E-state index in [1.807, 2.05) is 0 Å². The van der Waals surface area contributed by atoms with E-state index in [1.165, 1.54) is 31.3 Å². The fourth-order valence-corrected chi connectivity index (χ4v) is 2.00. The summed E-state index contributed by atoms with van der Waals surface area (Å²) in [7, 11) is 1.47. The summed E-state index contributed by atoms with van der Waals surface area (Å²) in [5.74, 6) is -0.0238. The highest BCUT2D eigenvalue weighted by Gasteiger charge is 2.24.